The molecule has 0 aromatic heterocycles. The van der Waals surface area contributed by atoms with Crippen molar-refractivity contribution in [3.63, 3.8) is 0 Å². The van der Waals surface area contributed by atoms with E-state index < -0.39 is 70.7 Å². The largest absolute Gasteiger partial charge is 0.493 e. The summed E-state index contributed by atoms with van der Waals surface area (Å²) in [6.07, 6.45) is -13.0. The van der Waals surface area contributed by atoms with Crippen LogP contribution in [0.5, 0.6) is 11.5 Å². The van der Waals surface area contributed by atoms with Gasteiger partial charge in [-0.2, -0.15) is 30.7 Å². The van der Waals surface area contributed by atoms with Gasteiger partial charge in [0.2, 0.25) is 0 Å². The molecular formula is C40H34F10O5. The summed E-state index contributed by atoms with van der Waals surface area (Å²) >= 11 is 0. The number of alkyl halides is 7. The zero-order valence-corrected chi connectivity index (χ0v) is 29.1. The van der Waals surface area contributed by atoms with E-state index in [1.54, 1.807) is 24.3 Å². The summed E-state index contributed by atoms with van der Waals surface area (Å²) in [6, 6.07) is 14.2. The van der Waals surface area contributed by atoms with Crippen molar-refractivity contribution >= 4 is 11.8 Å². The van der Waals surface area contributed by atoms with Crippen molar-refractivity contribution in [1.82, 2.24) is 0 Å². The Hall–Kier alpha value is -5.08. The van der Waals surface area contributed by atoms with Crippen LogP contribution in [0.3, 0.4) is 0 Å². The van der Waals surface area contributed by atoms with Crippen LogP contribution >= 0.6 is 0 Å². The Morgan fingerprint density at radius 3 is 2.00 bits per heavy atom. The van der Waals surface area contributed by atoms with E-state index in [9.17, 15) is 49.1 Å². The van der Waals surface area contributed by atoms with Crippen LogP contribution in [0, 0.1) is 29.3 Å². The fourth-order valence-electron chi connectivity index (χ4n) is 6.80. The maximum absolute atomic E-state index is 15.2. The number of methoxy groups -OCH3 is 1. The first-order valence-corrected chi connectivity index (χ1v) is 17.0. The van der Waals surface area contributed by atoms with Gasteiger partial charge in [0, 0.05) is 23.5 Å². The van der Waals surface area contributed by atoms with Crippen LogP contribution < -0.4 is 9.47 Å². The van der Waals surface area contributed by atoms with Gasteiger partial charge in [-0.25, -0.2) is 13.2 Å². The third-order valence-electron chi connectivity index (χ3n) is 9.68. The van der Waals surface area contributed by atoms with Gasteiger partial charge in [-0.3, -0.25) is 9.59 Å². The number of hydrogen-bond acceptors (Lipinski definition) is 5. The van der Waals surface area contributed by atoms with E-state index in [1.165, 1.54) is 19.2 Å². The van der Waals surface area contributed by atoms with Gasteiger partial charge >= 0.3 is 24.7 Å². The summed E-state index contributed by atoms with van der Waals surface area (Å²) in [5.74, 6) is -5.63. The molecule has 4 aromatic carbocycles. The van der Waals surface area contributed by atoms with E-state index >= 15 is 4.39 Å². The minimum absolute atomic E-state index is 0.0560. The van der Waals surface area contributed by atoms with Gasteiger partial charge in [0.25, 0.3) is 0 Å². The molecule has 1 aliphatic rings. The molecule has 0 heterocycles. The van der Waals surface area contributed by atoms with Crippen LogP contribution in [0.2, 0.25) is 0 Å². The number of carbonyl (C=O) groups is 2. The molecular weight excluding hydrogens is 750 g/mol. The van der Waals surface area contributed by atoms with Gasteiger partial charge in [0.05, 0.1) is 25.2 Å². The highest BCUT2D eigenvalue weighted by Gasteiger charge is 2.45. The highest BCUT2D eigenvalue weighted by Crippen LogP contribution is 2.43. The topological polar surface area (TPSA) is 61.8 Å². The molecule has 0 saturated heterocycles. The molecule has 15 heteroatoms. The van der Waals surface area contributed by atoms with Crippen molar-refractivity contribution in [3.05, 3.63) is 130 Å². The first-order valence-electron chi connectivity index (χ1n) is 17.0. The normalized spacial score (nSPS) is 17.4. The average Bonchev–Trinajstić information content (AvgIpc) is 3.13. The number of Topliss-reactive ketones (excluding diaryl/α,β-unsaturated/α-hetero) is 1. The summed E-state index contributed by atoms with van der Waals surface area (Å²) < 4.78 is 154. The Morgan fingerprint density at radius 2 is 1.40 bits per heavy atom. The highest BCUT2D eigenvalue weighted by molar-refractivity contribution is 5.97. The van der Waals surface area contributed by atoms with Crippen LogP contribution in [0.25, 0.3) is 0 Å². The molecule has 0 amide bonds. The van der Waals surface area contributed by atoms with Crippen LogP contribution in [0.4, 0.5) is 43.9 Å². The number of hydrogen-bond donors (Lipinski definition) is 0. The Bertz CT molecular complexity index is 1960. The molecule has 0 N–H and O–H groups in total. The van der Waals surface area contributed by atoms with Gasteiger partial charge in [0.15, 0.2) is 5.78 Å². The average molecular weight is 785 g/mol. The van der Waals surface area contributed by atoms with E-state index in [-0.39, 0.29) is 35.4 Å². The molecule has 0 spiro atoms. The first kappa shape index (κ1) is 41.1. The molecule has 0 aliphatic heterocycles. The standard InChI is InChI=1S/C40H34F10O5/c1-53-36(52)25-6-2-24(3-7-25)22-54-31-13-4-23(5-14-31)20-38(27-9-11-29(41)12-10-27,21-35(51)26-8-15-34(43)33(16-26)39(46,47)48)28-17-30(42)19-32(18-28)55-40(49,50)37(44)45/h4-5,8-19,24-25,37H,2-3,6-7,20-22H2,1H3/t24?,25?,38-/m0/s1. The second-order valence-electron chi connectivity index (χ2n) is 13.4. The molecule has 5 rings (SSSR count). The lowest BCUT2D eigenvalue weighted by Gasteiger charge is -2.36. The number of ether oxygens (including phenoxy) is 3. The predicted octanol–water partition coefficient (Wildman–Crippen LogP) is 10.5. The molecule has 55 heavy (non-hydrogen) atoms. The summed E-state index contributed by atoms with van der Waals surface area (Å²) in [7, 11) is 1.34. The zero-order valence-electron chi connectivity index (χ0n) is 29.1. The van der Waals surface area contributed by atoms with Crippen molar-refractivity contribution in [2.45, 2.75) is 62.7 Å². The number of halogens is 10. The van der Waals surface area contributed by atoms with Crippen molar-refractivity contribution in [1.29, 1.82) is 0 Å². The van der Waals surface area contributed by atoms with Crippen molar-refractivity contribution in [2.75, 3.05) is 13.7 Å². The number of benzene rings is 4. The Labute approximate surface area is 309 Å². The maximum Gasteiger partial charge on any atom is 0.461 e. The Kier molecular flexibility index (Phi) is 12.5. The number of rotatable bonds is 14. The van der Waals surface area contributed by atoms with Gasteiger partial charge in [-0.1, -0.05) is 24.3 Å². The summed E-state index contributed by atoms with van der Waals surface area (Å²) in [5, 5.41) is 0. The van der Waals surface area contributed by atoms with E-state index in [1.807, 2.05) is 0 Å². The smallest absolute Gasteiger partial charge is 0.461 e. The molecule has 1 atom stereocenters. The Morgan fingerprint density at radius 1 is 0.745 bits per heavy atom. The monoisotopic (exact) mass is 784 g/mol. The lowest BCUT2D eigenvalue weighted by molar-refractivity contribution is -0.253. The van der Waals surface area contributed by atoms with E-state index in [0.717, 1.165) is 43.2 Å². The maximum atomic E-state index is 15.2. The van der Waals surface area contributed by atoms with E-state index in [0.29, 0.717) is 49.0 Å². The minimum atomic E-state index is -5.19. The fraction of sp³-hybridized carbons (Fsp3) is 0.350. The third kappa shape index (κ3) is 9.97. The minimum Gasteiger partial charge on any atom is -0.493 e. The molecule has 1 saturated carbocycles. The van der Waals surface area contributed by atoms with Gasteiger partial charge in [-0.05, 0) is 109 Å². The van der Waals surface area contributed by atoms with Crippen LogP contribution in [0.15, 0.2) is 84.9 Å². The van der Waals surface area contributed by atoms with Gasteiger partial charge < -0.3 is 14.2 Å². The zero-order chi connectivity index (χ0) is 40.1. The second-order valence-corrected chi connectivity index (χ2v) is 13.4. The summed E-state index contributed by atoms with van der Waals surface area (Å²) in [5.41, 5.74) is -4.13. The molecule has 1 fully saturated rings. The van der Waals surface area contributed by atoms with E-state index in [4.69, 9.17) is 9.47 Å². The second kappa shape index (κ2) is 16.7. The summed E-state index contributed by atoms with van der Waals surface area (Å²) in [4.78, 5) is 25.8. The molecule has 5 nitrogen and oxygen atoms in total. The molecule has 294 valence electrons. The van der Waals surface area contributed by atoms with Gasteiger partial charge in [-0.15, -0.1) is 0 Å². The number of ketones is 1. The molecule has 0 unspecified atom stereocenters. The van der Waals surface area contributed by atoms with Crippen LogP contribution in [-0.4, -0.2) is 38.0 Å². The molecule has 1 aliphatic carbocycles. The highest BCUT2D eigenvalue weighted by atomic mass is 19.4. The summed E-state index contributed by atoms with van der Waals surface area (Å²) in [6.45, 7) is 0.328. The predicted molar refractivity (Wildman–Crippen MR) is 179 cm³/mol. The SMILES string of the molecule is COC(=O)C1CCC(COc2ccc(C[C@](CC(=O)c3ccc(F)c(C(F)(F)F)c3)(c3ccc(F)cc3)c3cc(F)cc(OC(F)(F)C(F)F)c3)cc2)CC1. The van der Waals surface area contributed by atoms with E-state index in [2.05, 4.69) is 4.74 Å². The van der Waals surface area contributed by atoms with Crippen molar-refractivity contribution in [3.8, 4) is 11.5 Å². The fourth-order valence-corrected chi connectivity index (χ4v) is 6.80. The first-order chi connectivity index (χ1) is 25.9. The third-order valence-corrected chi connectivity index (χ3v) is 9.68. The quantitative estimate of drug-likeness (QED) is 0.0724. The lowest BCUT2D eigenvalue weighted by atomic mass is 9.67. The van der Waals surface area contributed by atoms with Crippen LogP contribution in [0.1, 0.15) is 64.7 Å². The lowest BCUT2D eigenvalue weighted by Crippen LogP contribution is -2.35. The molecule has 0 bridgehead atoms. The number of esters is 1. The van der Waals surface area contributed by atoms with Crippen LogP contribution in [-0.2, 0) is 27.5 Å². The number of carbonyl (C=O) groups excluding carboxylic acids is 2. The van der Waals surface area contributed by atoms with Crippen molar-refractivity contribution < 1.29 is 67.7 Å². The van der Waals surface area contributed by atoms with Gasteiger partial charge in [0.1, 0.15) is 29.0 Å². The molecule has 0 radical (unpaired) electrons. The molecule has 4 aromatic rings. The van der Waals surface area contributed by atoms with Crippen molar-refractivity contribution in [2.24, 2.45) is 11.8 Å². The Balaban J connectivity index is 1.55.